The highest BCUT2D eigenvalue weighted by atomic mass is 16.5. The van der Waals surface area contributed by atoms with Gasteiger partial charge in [0, 0.05) is 6.20 Å². The number of rotatable bonds is 6. The predicted molar refractivity (Wildman–Crippen MR) is 80.7 cm³/mol. The number of amides is 1. The van der Waals surface area contributed by atoms with E-state index in [1.807, 2.05) is 19.9 Å². The third-order valence-electron chi connectivity index (χ3n) is 2.68. The standard InChI is InChI=1S/C16H18N2O3/c1-3-20-13-5-7-14(8-6-13)21-11-16(19)18-15-9-4-12(2)10-17-15/h4-10H,3,11H2,1-2H3,(H,17,18,19). The van der Waals surface area contributed by atoms with E-state index in [0.29, 0.717) is 18.2 Å². The van der Waals surface area contributed by atoms with Gasteiger partial charge in [0.15, 0.2) is 6.61 Å². The number of anilines is 1. The fraction of sp³-hybridized carbons (Fsp3) is 0.250. The number of hydrogen-bond donors (Lipinski definition) is 1. The summed E-state index contributed by atoms with van der Waals surface area (Å²) in [6.07, 6.45) is 1.70. The van der Waals surface area contributed by atoms with E-state index >= 15 is 0 Å². The van der Waals surface area contributed by atoms with E-state index in [1.54, 1.807) is 36.5 Å². The summed E-state index contributed by atoms with van der Waals surface area (Å²) in [5, 5.41) is 2.67. The zero-order valence-corrected chi connectivity index (χ0v) is 12.1. The normalized spacial score (nSPS) is 10.0. The van der Waals surface area contributed by atoms with Gasteiger partial charge in [0.25, 0.3) is 5.91 Å². The Morgan fingerprint density at radius 3 is 2.33 bits per heavy atom. The summed E-state index contributed by atoms with van der Waals surface area (Å²) >= 11 is 0. The molecule has 0 aliphatic heterocycles. The molecule has 0 aliphatic rings. The molecule has 1 aromatic heterocycles. The highest BCUT2D eigenvalue weighted by molar-refractivity contribution is 5.90. The Bertz CT molecular complexity index is 579. The summed E-state index contributed by atoms with van der Waals surface area (Å²) in [5.41, 5.74) is 1.04. The van der Waals surface area contributed by atoms with E-state index in [0.717, 1.165) is 11.3 Å². The predicted octanol–water partition coefficient (Wildman–Crippen LogP) is 2.81. The number of pyridine rings is 1. The number of aryl methyl sites for hydroxylation is 1. The molecule has 0 atom stereocenters. The number of nitrogens with one attached hydrogen (secondary N) is 1. The molecule has 1 N–H and O–H groups in total. The quantitative estimate of drug-likeness (QED) is 0.887. The van der Waals surface area contributed by atoms with E-state index in [1.165, 1.54) is 0 Å². The van der Waals surface area contributed by atoms with Crippen LogP contribution in [0.25, 0.3) is 0 Å². The lowest BCUT2D eigenvalue weighted by Gasteiger charge is -2.08. The fourth-order valence-corrected chi connectivity index (χ4v) is 1.67. The van der Waals surface area contributed by atoms with Crippen molar-refractivity contribution in [3.8, 4) is 11.5 Å². The van der Waals surface area contributed by atoms with Crippen molar-refractivity contribution in [3.05, 3.63) is 48.2 Å². The van der Waals surface area contributed by atoms with Gasteiger partial charge in [-0.05, 0) is 49.7 Å². The Kier molecular flexibility index (Phi) is 5.15. The molecular weight excluding hydrogens is 268 g/mol. The van der Waals surface area contributed by atoms with Crippen LogP contribution in [0.4, 0.5) is 5.82 Å². The van der Waals surface area contributed by atoms with Crippen LogP contribution in [0.2, 0.25) is 0 Å². The Hall–Kier alpha value is -2.56. The molecule has 0 spiro atoms. The highest BCUT2D eigenvalue weighted by Gasteiger charge is 2.04. The van der Waals surface area contributed by atoms with Crippen LogP contribution in [-0.2, 0) is 4.79 Å². The van der Waals surface area contributed by atoms with Gasteiger partial charge in [-0.1, -0.05) is 6.07 Å². The van der Waals surface area contributed by atoms with E-state index in [9.17, 15) is 4.79 Å². The number of aromatic nitrogens is 1. The minimum Gasteiger partial charge on any atom is -0.494 e. The summed E-state index contributed by atoms with van der Waals surface area (Å²) in [4.78, 5) is 15.8. The maximum atomic E-state index is 11.7. The van der Waals surface area contributed by atoms with Gasteiger partial charge < -0.3 is 14.8 Å². The number of hydrogen-bond acceptors (Lipinski definition) is 4. The van der Waals surface area contributed by atoms with Crippen LogP contribution in [0.15, 0.2) is 42.6 Å². The number of benzene rings is 1. The van der Waals surface area contributed by atoms with Crippen molar-refractivity contribution in [1.29, 1.82) is 0 Å². The summed E-state index contributed by atoms with van der Waals surface area (Å²) in [6.45, 7) is 4.41. The minimum absolute atomic E-state index is 0.0659. The molecule has 5 heteroatoms. The van der Waals surface area contributed by atoms with E-state index in [4.69, 9.17) is 9.47 Å². The second-order valence-electron chi connectivity index (χ2n) is 4.46. The van der Waals surface area contributed by atoms with Gasteiger partial charge in [0.05, 0.1) is 6.61 Å². The summed E-state index contributed by atoms with van der Waals surface area (Å²) in [7, 11) is 0. The number of ether oxygens (including phenoxy) is 2. The molecule has 5 nitrogen and oxygen atoms in total. The van der Waals surface area contributed by atoms with Crippen molar-refractivity contribution in [2.45, 2.75) is 13.8 Å². The summed E-state index contributed by atoms with van der Waals surface area (Å²) in [6, 6.07) is 10.8. The van der Waals surface area contributed by atoms with Crippen molar-refractivity contribution in [2.24, 2.45) is 0 Å². The Labute approximate surface area is 123 Å². The monoisotopic (exact) mass is 286 g/mol. The number of nitrogens with zero attached hydrogens (tertiary/aromatic N) is 1. The Morgan fingerprint density at radius 2 is 1.76 bits per heavy atom. The van der Waals surface area contributed by atoms with Crippen molar-refractivity contribution < 1.29 is 14.3 Å². The van der Waals surface area contributed by atoms with Crippen molar-refractivity contribution in [2.75, 3.05) is 18.5 Å². The first-order chi connectivity index (χ1) is 10.2. The lowest BCUT2D eigenvalue weighted by atomic mass is 10.3. The average Bonchev–Trinajstić information content (AvgIpc) is 2.49. The Balaban J connectivity index is 1.81. The lowest BCUT2D eigenvalue weighted by Crippen LogP contribution is -2.20. The van der Waals surface area contributed by atoms with Gasteiger partial charge in [-0.3, -0.25) is 4.79 Å². The third kappa shape index (κ3) is 4.80. The van der Waals surface area contributed by atoms with Gasteiger partial charge in [-0.15, -0.1) is 0 Å². The minimum atomic E-state index is -0.250. The first-order valence-electron chi connectivity index (χ1n) is 6.75. The molecule has 0 unspecified atom stereocenters. The molecule has 0 radical (unpaired) electrons. The molecular formula is C16H18N2O3. The maximum Gasteiger partial charge on any atom is 0.263 e. The van der Waals surface area contributed by atoms with Crippen LogP contribution < -0.4 is 14.8 Å². The highest BCUT2D eigenvalue weighted by Crippen LogP contribution is 2.17. The largest absolute Gasteiger partial charge is 0.494 e. The van der Waals surface area contributed by atoms with E-state index in [2.05, 4.69) is 10.3 Å². The molecule has 0 aliphatic carbocycles. The number of carbonyl (C=O) groups is 1. The van der Waals surface area contributed by atoms with Crippen molar-refractivity contribution in [3.63, 3.8) is 0 Å². The van der Waals surface area contributed by atoms with Crippen molar-refractivity contribution in [1.82, 2.24) is 4.98 Å². The van der Waals surface area contributed by atoms with Gasteiger partial charge in [-0.2, -0.15) is 0 Å². The number of carbonyl (C=O) groups excluding carboxylic acids is 1. The van der Waals surface area contributed by atoms with Gasteiger partial charge >= 0.3 is 0 Å². The molecule has 110 valence electrons. The van der Waals surface area contributed by atoms with Crippen LogP contribution in [0.5, 0.6) is 11.5 Å². The average molecular weight is 286 g/mol. The van der Waals surface area contributed by atoms with Gasteiger partial charge in [0.2, 0.25) is 0 Å². The van der Waals surface area contributed by atoms with Gasteiger partial charge in [0.1, 0.15) is 17.3 Å². The summed E-state index contributed by atoms with van der Waals surface area (Å²) < 4.78 is 10.7. The molecule has 1 aromatic carbocycles. The van der Waals surface area contributed by atoms with E-state index in [-0.39, 0.29) is 12.5 Å². The van der Waals surface area contributed by atoms with E-state index < -0.39 is 0 Å². The van der Waals surface area contributed by atoms with Crippen LogP contribution in [0.3, 0.4) is 0 Å². The fourth-order valence-electron chi connectivity index (χ4n) is 1.67. The second kappa shape index (κ2) is 7.28. The first-order valence-corrected chi connectivity index (χ1v) is 6.75. The Morgan fingerprint density at radius 1 is 1.10 bits per heavy atom. The first kappa shape index (κ1) is 14.8. The molecule has 0 fully saturated rings. The molecule has 0 bridgehead atoms. The SMILES string of the molecule is CCOc1ccc(OCC(=O)Nc2ccc(C)cn2)cc1. The van der Waals surface area contributed by atoms with Crippen LogP contribution in [0, 0.1) is 6.92 Å². The molecule has 1 amide bonds. The summed E-state index contributed by atoms with van der Waals surface area (Å²) in [5.74, 6) is 1.66. The third-order valence-corrected chi connectivity index (χ3v) is 2.68. The molecule has 0 saturated carbocycles. The zero-order chi connectivity index (χ0) is 15.1. The van der Waals surface area contributed by atoms with Crippen LogP contribution >= 0.6 is 0 Å². The van der Waals surface area contributed by atoms with Gasteiger partial charge in [-0.25, -0.2) is 4.98 Å². The molecule has 0 saturated heterocycles. The molecule has 2 aromatic rings. The smallest absolute Gasteiger partial charge is 0.263 e. The van der Waals surface area contributed by atoms with Crippen LogP contribution in [0.1, 0.15) is 12.5 Å². The van der Waals surface area contributed by atoms with Crippen LogP contribution in [-0.4, -0.2) is 24.1 Å². The molecule has 21 heavy (non-hydrogen) atoms. The maximum absolute atomic E-state index is 11.7. The van der Waals surface area contributed by atoms with Crippen molar-refractivity contribution >= 4 is 11.7 Å². The lowest BCUT2D eigenvalue weighted by molar-refractivity contribution is -0.118. The second-order valence-corrected chi connectivity index (χ2v) is 4.46. The molecule has 2 rings (SSSR count). The topological polar surface area (TPSA) is 60.5 Å². The zero-order valence-electron chi connectivity index (χ0n) is 12.1. The molecule has 1 heterocycles.